The van der Waals surface area contributed by atoms with Gasteiger partial charge in [-0.2, -0.15) is 0 Å². The Morgan fingerprint density at radius 3 is 1.78 bits per heavy atom. The molecule has 4 aromatic carbocycles. The van der Waals surface area contributed by atoms with Gasteiger partial charge in [-0.25, -0.2) is 4.79 Å². The van der Waals surface area contributed by atoms with E-state index >= 15 is 0 Å². The highest BCUT2D eigenvalue weighted by atomic mass is 16.5. The third kappa shape index (κ3) is 4.48. The summed E-state index contributed by atoms with van der Waals surface area (Å²) in [7, 11) is 3.32. The van der Waals surface area contributed by atoms with Crippen LogP contribution < -0.4 is 0 Å². The first-order valence-corrected chi connectivity index (χ1v) is 12.9. The minimum atomic E-state index is -0.411. The van der Waals surface area contributed by atoms with Crippen LogP contribution in [0.3, 0.4) is 0 Å². The van der Waals surface area contributed by atoms with E-state index < -0.39 is 5.97 Å². The van der Waals surface area contributed by atoms with Crippen molar-refractivity contribution in [2.24, 2.45) is 5.92 Å². The van der Waals surface area contributed by atoms with Crippen LogP contribution in [0.1, 0.15) is 59.7 Å². The van der Waals surface area contributed by atoms with Gasteiger partial charge in [0.25, 0.3) is 5.91 Å². The van der Waals surface area contributed by atoms with E-state index in [0.717, 1.165) is 27.1 Å². The number of hydrogen-bond acceptors (Lipinski definition) is 3. The maximum atomic E-state index is 14.1. The fraction of sp³-hybridized carbons (Fsp3) is 0.312. The van der Waals surface area contributed by atoms with Crippen LogP contribution in [0.25, 0.3) is 32.7 Å². The first-order chi connectivity index (χ1) is 17.5. The topological polar surface area (TPSA) is 46.6 Å². The molecule has 0 unspecified atom stereocenters. The molecule has 4 heteroatoms. The molecule has 0 spiro atoms. The third-order valence-corrected chi connectivity index (χ3v) is 7.96. The number of carbonyl (C=O) groups is 2. The molecule has 184 valence electrons. The molecular weight excluding hydrogens is 446 g/mol. The Hall–Kier alpha value is -3.66. The van der Waals surface area contributed by atoms with Gasteiger partial charge in [-0.1, -0.05) is 67.8 Å². The maximum absolute atomic E-state index is 14.1. The lowest BCUT2D eigenvalue weighted by Gasteiger charge is -2.34. The van der Waals surface area contributed by atoms with Crippen molar-refractivity contribution in [2.45, 2.75) is 45.1 Å². The molecule has 5 rings (SSSR count). The van der Waals surface area contributed by atoms with Gasteiger partial charge in [0.05, 0.1) is 12.7 Å². The smallest absolute Gasteiger partial charge is 0.338 e. The molecule has 4 nitrogen and oxygen atoms in total. The van der Waals surface area contributed by atoms with Gasteiger partial charge in [0.1, 0.15) is 0 Å². The summed E-state index contributed by atoms with van der Waals surface area (Å²) in [6, 6.07) is 24.0. The Labute approximate surface area is 212 Å². The van der Waals surface area contributed by atoms with Crippen molar-refractivity contribution >= 4 is 33.4 Å². The Kier molecular flexibility index (Phi) is 6.77. The first kappa shape index (κ1) is 24.1. The predicted octanol–water partition coefficient (Wildman–Crippen LogP) is 7.49. The van der Waals surface area contributed by atoms with Crippen LogP contribution in [0.2, 0.25) is 0 Å². The summed E-state index contributed by atoms with van der Waals surface area (Å²) < 4.78 is 5.17. The van der Waals surface area contributed by atoms with Crippen LogP contribution in [0.5, 0.6) is 0 Å². The van der Waals surface area contributed by atoms with E-state index in [0.29, 0.717) is 22.6 Å². The predicted molar refractivity (Wildman–Crippen MR) is 146 cm³/mol. The summed E-state index contributed by atoms with van der Waals surface area (Å²) in [5.41, 5.74) is 2.55. The number of esters is 1. The minimum absolute atomic E-state index is 0.0159. The number of nitrogens with zero attached hydrogens (tertiary/aromatic N) is 1. The zero-order chi connectivity index (χ0) is 25.2. The number of hydrogen-bond donors (Lipinski definition) is 0. The van der Waals surface area contributed by atoms with Gasteiger partial charge in [-0.3, -0.25) is 4.79 Å². The molecule has 1 saturated carbocycles. The number of rotatable bonds is 5. The largest absolute Gasteiger partial charge is 0.465 e. The molecule has 36 heavy (non-hydrogen) atoms. The van der Waals surface area contributed by atoms with Gasteiger partial charge in [-0.05, 0) is 82.6 Å². The zero-order valence-electron chi connectivity index (χ0n) is 21.3. The van der Waals surface area contributed by atoms with Crippen LogP contribution in [-0.2, 0) is 4.74 Å². The van der Waals surface area contributed by atoms with Crippen LogP contribution in [0.15, 0.2) is 72.8 Å². The zero-order valence-corrected chi connectivity index (χ0v) is 21.3. The maximum Gasteiger partial charge on any atom is 0.338 e. The second-order valence-electron chi connectivity index (χ2n) is 10.0. The van der Waals surface area contributed by atoms with E-state index in [1.807, 2.05) is 84.7 Å². The highest BCUT2D eigenvalue weighted by Gasteiger charge is 2.29. The second-order valence-corrected chi connectivity index (χ2v) is 10.0. The number of carbonyl (C=O) groups excluding carboxylic acids is 2. The molecule has 4 aromatic rings. The van der Waals surface area contributed by atoms with E-state index in [1.165, 1.54) is 39.2 Å². The Balaban J connectivity index is 1.69. The van der Waals surface area contributed by atoms with Crippen LogP contribution in [-0.4, -0.2) is 37.0 Å². The Morgan fingerprint density at radius 1 is 0.778 bits per heavy atom. The minimum Gasteiger partial charge on any atom is -0.465 e. The van der Waals surface area contributed by atoms with Gasteiger partial charge in [0, 0.05) is 18.7 Å². The molecule has 0 saturated heterocycles. The lowest BCUT2D eigenvalue weighted by Crippen LogP contribution is -2.40. The first-order valence-electron chi connectivity index (χ1n) is 12.9. The number of ether oxygens (including phenoxy) is 1. The van der Waals surface area contributed by atoms with Gasteiger partial charge < -0.3 is 9.64 Å². The average molecular weight is 480 g/mol. The summed E-state index contributed by atoms with van der Waals surface area (Å²) in [4.78, 5) is 28.9. The van der Waals surface area contributed by atoms with Crippen molar-refractivity contribution in [3.63, 3.8) is 0 Å². The summed E-state index contributed by atoms with van der Waals surface area (Å²) >= 11 is 0. The standard InChI is InChI=1S/C32H33NO3/c1-21(22-11-5-4-6-12-22)33(2)31(34)29-19-25-15-9-7-13-23(25)17-27(29)28-18-24-14-8-10-16-26(24)20-30(28)32(35)36-3/h7-10,13-22H,4-6,11-12H2,1-3H3/t21-/m1/s1. The van der Waals surface area contributed by atoms with E-state index in [-0.39, 0.29) is 11.9 Å². The average Bonchev–Trinajstić information content (AvgIpc) is 2.94. The number of benzene rings is 4. The lowest BCUT2D eigenvalue weighted by molar-refractivity contribution is 0.0600. The summed E-state index contributed by atoms with van der Waals surface area (Å²) in [5.74, 6) is 0.0898. The molecule has 0 aromatic heterocycles. The molecule has 0 bridgehead atoms. The van der Waals surface area contributed by atoms with Crippen molar-refractivity contribution in [1.82, 2.24) is 4.90 Å². The third-order valence-electron chi connectivity index (χ3n) is 7.96. The lowest BCUT2D eigenvalue weighted by atomic mass is 9.83. The van der Waals surface area contributed by atoms with Crippen LogP contribution in [0.4, 0.5) is 0 Å². The molecule has 0 heterocycles. The molecule has 0 radical (unpaired) electrons. The Bertz CT molecular complexity index is 1430. The quantitative estimate of drug-likeness (QED) is 0.279. The van der Waals surface area contributed by atoms with Gasteiger partial charge in [-0.15, -0.1) is 0 Å². The summed E-state index contributed by atoms with van der Waals surface area (Å²) in [6.07, 6.45) is 6.09. The Morgan fingerprint density at radius 2 is 1.25 bits per heavy atom. The van der Waals surface area contributed by atoms with Crippen LogP contribution in [0, 0.1) is 5.92 Å². The van der Waals surface area contributed by atoms with Gasteiger partial charge in [0.2, 0.25) is 0 Å². The molecule has 1 aliphatic carbocycles. The number of methoxy groups -OCH3 is 1. The molecule has 0 N–H and O–H groups in total. The fourth-order valence-electron chi connectivity index (χ4n) is 5.69. The molecule has 0 aliphatic heterocycles. The monoisotopic (exact) mass is 479 g/mol. The molecule has 1 atom stereocenters. The van der Waals surface area contributed by atoms with Crippen LogP contribution >= 0.6 is 0 Å². The fourth-order valence-corrected chi connectivity index (χ4v) is 5.69. The second kappa shape index (κ2) is 10.1. The number of fused-ring (bicyclic) bond motifs is 2. The molecule has 1 amide bonds. The normalized spacial score (nSPS) is 15.1. The van der Waals surface area contributed by atoms with Crippen molar-refractivity contribution in [2.75, 3.05) is 14.2 Å². The van der Waals surface area contributed by atoms with E-state index in [1.54, 1.807) is 0 Å². The highest BCUT2D eigenvalue weighted by Crippen LogP contribution is 2.36. The van der Waals surface area contributed by atoms with Crippen molar-refractivity contribution in [1.29, 1.82) is 0 Å². The van der Waals surface area contributed by atoms with Gasteiger partial charge >= 0.3 is 5.97 Å². The van der Waals surface area contributed by atoms with E-state index in [2.05, 4.69) is 6.92 Å². The van der Waals surface area contributed by atoms with Gasteiger partial charge in [0.15, 0.2) is 0 Å². The van der Waals surface area contributed by atoms with E-state index in [9.17, 15) is 9.59 Å². The summed E-state index contributed by atoms with van der Waals surface area (Å²) in [6.45, 7) is 2.17. The summed E-state index contributed by atoms with van der Waals surface area (Å²) in [5, 5.41) is 3.99. The SMILES string of the molecule is COC(=O)c1cc2ccccc2cc1-c1cc2ccccc2cc1C(=O)N(C)[C@H](C)C1CCCCC1. The molecule has 1 fully saturated rings. The molecule has 1 aliphatic rings. The van der Waals surface area contributed by atoms with Crippen molar-refractivity contribution in [3.05, 3.63) is 83.9 Å². The van der Waals surface area contributed by atoms with Crippen molar-refractivity contribution < 1.29 is 14.3 Å². The van der Waals surface area contributed by atoms with Crippen molar-refractivity contribution in [3.8, 4) is 11.1 Å². The highest BCUT2D eigenvalue weighted by molar-refractivity contribution is 6.10. The molecular formula is C32H33NO3. The van der Waals surface area contributed by atoms with E-state index in [4.69, 9.17) is 4.74 Å². The number of amides is 1.